The van der Waals surface area contributed by atoms with Crippen molar-refractivity contribution in [1.29, 1.82) is 0 Å². The van der Waals surface area contributed by atoms with Crippen LogP contribution in [0.5, 0.6) is 0 Å². The van der Waals surface area contributed by atoms with Crippen LogP contribution < -0.4 is 0 Å². The van der Waals surface area contributed by atoms with Crippen LogP contribution in [-0.4, -0.2) is 20.1 Å². The molecular weight excluding hydrogens is 392 g/mol. The van der Waals surface area contributed by atoms with E-state index >= 15 is 0 Å². The molecule has 0 N–H and O–H groups in total. The molecule has 0 spiro atoms. The second-order valence-electron chi connectivity index (χ2n) is 9.75. The predicted molar refractivity (Wildman–Crippen MR) is 119 cm³/mol. The van der Waals surface area contributed by atoms with E-state index in [1.807, 2.05) is 49.4 Å². The van der Waals surface area contributed by atoms with E-state index in [1.54, 1.807) is 12.1 Å². The first-order valence-corrected chi connectivity index (χ1v) is 12.1. The first-order valence-electron chi connectivity index (χ1n) is 10.7. The molecule has 0 amide bonds. The van der Waals surface area contributed by atoms with Crippen molar-refractivity contribution in [2.24, 2.45) is 23.7 Å². The third kappa shape index (κ3) is 2.92. The lowest BCUT2D eigenvalue weighted by Crippen LogP contribution is -2.37. The first-order chi connectivity index (χ1) is 14.2. The van der Waals surface area contributed by atoms with Crippen LogP contribution in [0.1, 0.15) is 31.9 Å². The second-order valence-corrected chi connectivity index (χ2v) is 11.7. The summed E-state index contributed by atoms with van der Waals surface area (Å²) in [7, 11) is -3.57. The fourth-order valence-electron chi connectivity index (χ4n) is 5.50. The van der Waals surface area contributed by atoms with E-state index in [0.29, 0.717) is 9.80 Å². The average molecular weight is 421 g/mol. The molecule has 0 aromatic heterocycles. The van der Waals surface area contributed by atoms with Crippen LogP contribution in [0.25, 0.3) is 5.57 Å². The monoisotopic (exact) mass is 420 g/mol. The summed E-state index contributed by atoms with van der Waals surface area (Å²) in [4.78, 5) is 0.983. The van der Waals surface area contributed by atoms with Gasteiger partial charge in [-0.3, -0.25) is 0 Å². The first kappa shape index (κ1) is 19.8. The number of sulfone groups is 1. The third-order valence-corrected chi connectivity index (χ3v) is 8.59. The summed E-state index contributed by atoms with van der Waals surface area (Å²) in [6, 6.07) is 17.2. The molecule has 3 aliphatic rings. The minimum atomic E-state index is -3.57. The van der Waals surface area contributed by atoms with E-state index in [1.165, 1.54) is 0 Å². The van der Waals surface area contributed by atoms with E-state index in [0.717, 1.165) is 16.7 Å². The lowest BCUT2D eigenvalue weighted by atomic mass is 9.66. The van der Waals surface area contributed by atoms with Gasteiger partial charge in [-0.05, 0) is 51.0 Å². The molecule has 2 aromatic rings. The van der Waals surface area contributed by atoms with Crippen LogP contribution in [-0.2, 0) is 14.6 Å². The van der Waals surface area contributed by atoms with E-state index in [4.69, 9.17) is 4.74 Å². The molecule has 30 heavy (non-hydrogen) atoms. The molecule has 1 saturated carbocycles. The highest BCUT2D eigenvalue weighted by molar-refractivity contribution is 7.95. The summed E-state index contributed by atoms with van der Waals surface area (Å²) < 4.78 is 34.0. The fraction of sp³-hybridized carbons (Fsp3) is 0.385. The quantitative estimate of drug-likeness (QED) is 0.620. The van der Waals surface area contributed by atoms with Crippen molar-refractivity contribution in [3.63, 3.8) is 0 Å². The number of rotatable bonds is 4. The Morgan fingerprint density at radius 1 is 0.833 bits per heavy atom. The van der Waals surface area contributed by atoms with Crippen molar-refractivity contribution in [1.82, 2.24) is 0 Å². The number of allylic oxidation sites excluding steroid dienone is 2. The van der Waals surface area contributed by atoms with Crippen molar-refractivity contribution in [2.45, 2.75) is 44.3 Å². The Morgan fingerprint density at radius 3 is 2.03 bits per heavy atom. The molecule has 156 valence electrons. The van der Waals surface area contributed by atoms with E-state index in [-0.39, 0.29) is 35.4 Å². The molecular formula is C26H28O3S. The van der Waals surface area contributed by atoms with Gasteiger partial charge in [0.25, 0.3) is 0 Å². The van der Waals surface area contributed by atoms with E-state index < -0.39 is 9.84 Å². The van der Waals surface area contributed by atoms with Gasteiger partial charge in [0.1, 0.15) is 0 Å². The molecule has 0 aliphatic heterocycles. The topological polar surface area (TPSA) is 43.4 Å². The number of fused-ring (bicyclic) bond motifs is 5. The van der Waals surface area contributed by atoms with Gasteiger partial charge in [-0.1, -0.05) is 60.2 Å². The molecule has 5 atom stereocenters. The molecule has 5 rings (SSSR count). The standard InChI is InChI=1S/C26H28O3S/c1-16-10-12-18(13-11-16)30(27,28)25-21(17-8-6-5-7-9-17)22-19-14-15-20(23(22)25)24(19)29-26(2,3)4/h5-15,19-20,22-24H,1-4H3/t19-,20+,22+,23+,24-/m0/s1. The van der Waals surface area contributed by atoms with Gasteiger partial charge in [-0.15, -0.1) is 0 Å². The van der Waals surface area contributed by atoms with Crippen LogP contribution in [0.15, 0.2) is 76.5 Å². The Bertz CT molecular complexity index is 1140. The zero-order valence-electron chi connectivity index (χ0n) is 17.9. The summed E-state index contributed by atoms with van der Waals surface area (Å²) in [5, 5.41) is 0. The zero-order valence-corrected chi connectivity index (χ0v) is 18.7. The van der Waals surface area contributed by atoms with Gasteiger partial charge < -0.3 is 4.74 Å². The van der Waals surface area contributed by atoms with Gasteiger partial charge in [-0.25, -0.2) is 8.42 Å². The van der Waals surface area contributed by atoms with Gasteiger partial charge in [0.05, 0.1) is 21.5 Å². The smallest absolute Gasteiger partial charge is 0.203 e. The number of aryl methyl sites for hydroxylation is 1. The summed E-state index contributed by atoms with van der Waals surface area (Å²) in [6.45, 7) is 8.19. The number of hydrogen-bond acceptors (Lipinski definition) is 3. The Kier molecular flexibility index (Phi) is 4.39. The van der Waals surface area contributed by atoms with E-state index in [2.05, 4.69) is 32.9 Å². The highest BCUT2D eigenvalue weighted by Crippen LogP contribution is 2.66. The van der Waals surface area contributed by atoms with Gasteiger partial charge in [0, 0.05) is 23.7 Å². The molecule has 4 heteroatoms. The Labute approximate surface area is 179 Å². The van der Waals surface area contributed by atoms with Crippen molar-refractivity contribution >= 4 is 15.4 Å². The maximum Gasteiger partial charge on any atom is 0.203 e. The summed E-state index contributed by atoms with van der Waals surface area (Å²) in [5.41, 5.74) is 2.79. The van der Waals surface area contributed by atoms with Crippen LogP contribution in [0, 0.1) is 30.6 Å². The van der Waals surface area contributed by atoms with Gasteiger partial charge in [0.15, 0.2) is 0 Å². The number of hydrogen-bond donors (Lipinski definition) is 0. The Morgan fingerprint density at radius 2 is 1.43 bits per heavy atom. The third-order valence-electron chi connectivity index (χ3n) is 6.63. The zero-order chi connectivity index (χ0) is 21.3. The van der Waals surface area contributed by atoms with Crippen LogP contribution >= 0.6 is 0 Å². The molecule has 0 heterocycles. The fourth-order valence-corrected chi connectivity index (χ4v) is 7.46. The number of ether oxygens (including phenoxy) is 1. The van der Waals surface area contributed by atoms with Crippen molar-refractivity contribution < 1.29 is 13.2 Å². The maximum atomic E-state index is 13.8. The largest absolute Gasteiger partial charge is 0.371 e. The molecule has 0 radical (unpaired) electrons. The van der Waals surface area contributed by atoms with Crippen molar-refractivity contribution in [3.05, 3.63) is 82.8 Å². The van der Waals surface area contributed by atoms with Gasteiger partial charge in [0.2, 0.25) is 9.84 Å². The minimum absolute atomic E-state index is 0.00569. The average Bonchev–Trinajstić information content (AvgIpc) is 3.12. The summed E-state index contributed by atoms with van der Waals surface area (Å²) >= 11 is 0. The number of benzene rings is 2. The molecule has 0 saturated heterocycles. The van der Waals surface area contributed by atoms with Crippen LogP contribution in [0.3, 0.4) is 0 Å². The molecule has 2 aromatic carbocycles. The lowest BCUT2D eigenvalue weighted by molar-refractivity contribution is -0.0773. The highest BCUT2D eigenvalue weighted by atomic mass is 32.2. The Balaban J connectivity index is 1.63. The second kappa shape index (κ2) is 6.66. The molecule has 1 fully saturated rings. The molecule has 3 aliphatic carbocycles. The molecule has 2 bridgehead atoms. The van der Waals surface area contributed by atoms with Crippen LogP contribution in [0.2, 0.25) is 0 Å². The molecule has 3 nitrogen and oxygen atoms in total. The normalized spacial score (nSPS) is 29.8. The van der Waals surface area contributed by atoms with Gasteiger partial charge >= 0.3 is 0 Å². The van der Waals surface area contributed by atoms with Crippen molar-refractivity contribution in [3.8, 4) is 0 Å². The summed E-state index contributed by atoms with van der Waals surface area (Å²) in [5.74, 6) is 0.534. The lowest BCUT2D eigenvalue weighted by Gasteiger charge is -2.42. The molecule has 0 unspecified atom stereocenters. The maximum absolute atomic E-state index is 13.8. The SMILES string of the molecule is Cc1ccc(S(=O)(=O)C2=C(c3ccccc3)[C@H]3[C@@H]4C=C[C@@H]([C@H]4OC(C)(C)C)[C@@H]23)cc1. The Hall–Kier alpha value is -2.17. The summed E-state index contributed by atoms with van der Waals surface area (Å²) in [6.07, 6.45) is 4.47. The van der Waals surface area contributed by atoms with E-state index in [9.17, 15) is 8.42 Å². The highest BCUT2D eigenvalue weighted by Gasteiger charge is 2.63. The van der Waals surface area contributed by atoms with Crippen LogP contribution in [0.4, 0.5) is 0 Å². The minimum Gasteiger partial charge on any atom is -0.371 e. The van der Waals surface area contributed by atoms with Gasteiger partial charge in [-0.2, -0.15) is 0 Å². The predicted octanol–water partition coefficient (Wildman–Crippen LogP) is 5.43. The van der Waals surface area contributed by atoms with Crippen molar-refractivity contribution in [2.75, 3.05) is 0 Å².